The van der Waals surface area contributed by atoms with Gasteiger partial charge in [-0.05, 0) is 41.1 Å². The van der Waals surface area contributed by atoms with Crippen LogP contribution in [0.2, 0.25) is 0 Å². The zero-order chi connectivity index (χ0) is 14.8. The Kier molecular flexibility index (Phi) is 3.20. The van der Waals surface area contributed by atoms with Crippen LogP contribution in [-0.4, -0.2) is 11.1 Å². The number of nitrogen functional groups attached to an aromatic ring is 1. The van der Waals surface area contributed by atoms with Gasteiger partial charge in [-0.1, -0.05) is 30.3 Å². The van der Waals surface area contributed by atoms with Gasteiger partial charge in [-0.3, -0.25) is 0 Å². The molecule has 0 saturated carbocycles. The van der Waals surface area contributed by atoms with Crippen LogP contribution in [0.3, 0.4) is 0 Å². The first-order chi connectivity index (χ1) is 10.1. The van der Waals surface area contributed by atoms with E-state index in [1.54, 1.807) is 6.07 Å². The lowest BCUT2D eigenvalue weighted by Crippen LogP contribution is -2.01. The summed E-state index contributed by atoms with van der Waals surface area (Å²) >= 11 is 0. The third-order valence-electron chi connectivity index (χ3n) is 3.33. The Balaban J connectivity index is 1.98. The number of nitrogens with two attached hydrogens (primary N) is 1. The lowest BCUT2D eigenvalue weighted by atomic mass is 10.1. The smallest absolute Gasteiger partial charge is 0.335 e. The van der Waals surface area contributed by atoms with Gasteiger partial charge >= 0.3 is 5.97 Å². The molecule has 3 aromatic rings. The van der Waals surface area contributed by atoms with Crippen molar-refractivity contribution in [2.24, 2.45) is 0 Å². The van der Waals surface area contributed by atoms with Crippen molar-refractivity contribution in [2.45, 2.75) is 0 Å². The average Bonchev–Trinajstić information content (AvgIpc) is 2.49. The molecule has 0 aliphatic carbocycles. The molecule has 3 rings (SSSR count). The number of benzene rings is 3. The quantitative estimate of drug-likeness (QED) is 0.636. The lowest BCUT2D eigenvalue weighted by Gasteiger charge is -2.11. The first-order valence-corrected chi connectivity index (χ1v) is 6.52. The summed E-state index contributed by atoms with van der Waals surface area (Å²) in [6, 6.07) is 18.6. The van der Waals surface area contributed by atoms with Crippen molar-refractivity contribution in [1.29, 1.82) is 0 Å². The van der Waals surface area contributed by atoms with Gasteiger partial charge in [0.25, 0.3) is 0 Å². The summed E-state index contributed by atoms with van der Waals surface area (Å²) in [4.78, 5) is 11.0. The largest absolute Gasteiger partial charge is 0.478 e. The van der Waals surface area contributed by atoms with E-state index in [1.807, 2.05) is 42.5 Å². The highest BCUT2D eigenvalue weighted by atomic mass is 16.4. The summed E-state index contributed by atoms with van der Waals surface area (Å²) in [5.41, 5.74) is 8.06. The Labute approximate surface area is 121 Å². The van der Waals surface area contributed by atoms with E-state index < -0.39 is 5.97 Å². The van der Waals surface area contributed by atoms with Crippen molar-refractivity contribution in [2.75, 3.05) is 11.1 Å². The summed E-state index contributed by atoms with van der Waals surface area (Å²) < 4.78 is 0. The lowest BCUT2D eigenvalue weighted by molar-refractivity contribution is 0.0697. The van der Waals surface area contributed by atoms with E-state index in [0.29, 0.717) is 11.4 Å². The third-order valence-corrected chi connectivity index (χ3v) is 3.33. The number of aromatic carboxylic acids is 1. The average molecular weight is 278 g/mol. The maximum atomic E-state index is 11.0. The van der Waals surface area contributed by atoms with E-state index in [2.05, 4.69) is 5.32 Å². The monoisotopic (exact) mass is 278 g/mol. The van der Waals surface area contributed by atoms with Crippen molar-refractivity contribution in [1.82, 2.24) is 0 Å². The van der Waals surface area contributed by atoms with Crippen LogP contribution in [0.15, 0.2) is 60.7 Å². The molecule has 21 heavy (non-hydrogen) atoms. The predicted molar refractivity (Wildman–Crippen MR) is 85.0 cm³/mol. The normalized spacial score (nSPS) is 10.5. The molecule has 0 unspecified atom stereocenters. The van der Waals surface area contributed by atoms with Crippen molar-refractivity contribution >= 4 is 33.8 Å². The number of anilines is 3. The maximum Gasteiger partial charge on any atom is 0.335 e. The van der Waals surface area contributed by atoms with Gasteiger partial charge in [0.2, 0.25) is 0 Å². The highest BCUT2D eigenvalue weighted by Gasteiger charge is 2.07. The molecule has 0 atom stereocenters. The van der Waals surface area contributed by atoms with E-state index in [0.717, 1.165) is 16.5 Å². The molecular formula is C17H14N2O2. The molecule has 3 aromatic carbocycles. The van der Waals surface area contributed by atoms with E-state index in [-0.39, 0.29) is 5.56 Å². The maximum absolute atomic E-state index is 11.0. The number of carbonyl (C=O) groups is 1. The molecule has 0 aliphatic rings. The van der Waals surface area contributed by atoms with Crippen LogP contribution in [0.5, 0.6) is 0 Å². The minimum atomic E-state index is -0.975. The number of nitrogens with one attached hydrogen (secondary N) is 1. The Morgan fingerprint density at radius 2 is 1.71 bits per heavy atom. The molecule has 0 aliphatic heterocycles. The van der Waals surface area contributed by atoms with Gasteiger partial charge in [0.05, 0.1) is 16.9 Å². The highest BCUT2D eigenvalue weighted by Crippen LogP contribution is 2.26. The molecule has 104 valence electrons. The van der Waals surface area contributed by atoms with Crippen LogP contribution in [0, 0.1) is 0 Å². The SMILES string of the molecule is Nc1ccc(C(=O)O)cc1Nc1ccc2ccccc2c1. The van der Waals surface area contributed by atoms with Crippen LogP contribution < -0.4 is 11.1 Å². The second kappa shape index (κ2) is 5.17. The van der Waals surface area contributed by atoms with Crippen molar-refractivity contribution < 1.29 is 9.90 Å². The summed E-state index contributed by atoms with van der Waals surface area (Å²) in [6.45, 7) is 0. The van der Waals surface area contributed by atoms with Crippen molar-refractivity contribution in [3.05, 3.63) is 66.2 Å². The molecule has 0 radical (unpaired) electrons. The second-order valence-corrected chi connectivity index (χ2v) is 4.79. The van der Waals surface area contributed by atoms with E-state index in [4.69, 9.17) is 10.8 Å². The molecular weight excluding hydrogens is 264 g/mol. The fourth-order valence-corrected chi connectivity index (χ4v) is 2.22. The van der Waals surface area contributed by atoms with Gasteiger partial charge in [0, 0.05) is 5.69 Å². The van der Waals surface area contributed by atoms with Gasteiger partial charge in [-0.2, -0.15) is 0 Å². The highest BCUT2D eigenvalue weighted by molar-refractivity contribution is 5.92. The Hall–Kier alpha value is -3.01. The predicted octanol–water partition coefficient (Wildman–Crippen LogP) is 3.86. The minimum absolute atomic E-state index is 0.201. The molecule has 0 bridgehead atoms. The van der Waals surface area contributed by atoms with Gasteiger partial charge in [0.15, 0.2) is 0 Å². The molecule has 4 N–H and O–H groups in total. The van der Waals surface area contributed by atoms with Gasteiger partial charge in [-0.25, -0.2) is 4.79 Å². The van der Waals surface area contributed by atoms with E-state index in [9.17, 15) is 4.79 Å². The van der Waals surface area contributed by atoms with Gasteiger partial charge in [0.1, 0.15) is 0 Å². The van der Waals surface area contributed by atoms with E-state index >= 15 is 0 Å². The minimum Gasteiger partial charge on any atom is -0.478 e. The second-order valence-electron chi connectivity index (χ2n) is 4.79. The first-order valence-electron chi connectivity index (χ1n) is 6.52. The fraction of sp³-hybridized carbons (Fsp3) is 0. The number of hydrogen-bond donors (Lipinski definition) is 3. The summed E-state index contributed by atoms with van der Waals surface area (Å²) in [7, 11) is 0. The standard InChI is InChI=1S/C17H14N2O2/c18-15-8-6-13(17(20)21)10-16(15)19-14-7-5-11-3-1-2-4-12(11)9-14/h1-10,19H,18H2,(H,20,21). The van der Waals surface area contributed by atoms with Crippen molar-refractivity contribution in [3.8, 4) is 0 Å². The Bertz CT molecular complexity index is 828. The molecule has 0 saturated heterocycles. The molecule has 4 nitrogen and oxygen atoms in total. The first kappa shape index (κ1) is 13.0. The molecule has 0 amide bonds. The number of rotatable bonds is 3. The summed E-state index contributed by atoms with van der Waals surface area (Å²) in [5.74, 6) is -0.975. The van der Waals surface area contributed by atoms with Crippen LogP contribution in [0.25, 0.3) is 10.8 Å². The summed E-state index contributed by atoms with van der Waals surface area (Å²) in [5, 5.41) is 14.5. The van der Waals surface area contributed by atoms with E-state index in [1.165, 1.54) is 12.1 Å². The van der Waals surface area contributed by atoms with Crippen molar-refractivity contribution in [3.63, 3.8) is 0 Å². The Morgan fingerprint density at radius 1 is 0.952 bits per heavy atom. The third kappa shape index (κ3) is 2.65. The molecule has 0 aromatic heterocycles. The van der Waals surface area contributed by atoms with Gasteiger partial charge in [-0.15, -0.1) is 0 Å². The molecule has 0 fully saturated rings. The van der Waals surface area contributed by atoms with Gasteiger partial charge < -0.3 is 16.2 Å². The summed E-state index contributed by atoms with van der Waals surface area (Å²) in [6.07, 6.45) is 0. The zero-order valence-corrected chi connectivity index (χ0v) is 11.2. The molecule has 4 heteroatoms. The topological polar surface area (TPSA) is 75.4 Å². The number of hydrogen-bond acceptors (Lipinski definition) is 3. The number of carboxylic acid groups (broad SMARTS) is 1. The molecule has 0 heterocycles. The van der Waals surface area contributed by atoms with Crippen LogP contribution in [-0.2, 0) is 0 Å². The molecule has 0 spiro atoms. The number of carboxylic acids is 1. The van der Waals surface area contributed by atoms with Crippen LogP contribution in [0.4, 0.5) is 17.1 Å². The van der Waals surface area contributed by atoms with Crippen LogP contribution >= 0.6 is 0 Å². The Morgan fingerprint density at radius 3 is 2.48 bits per heavy atom. The zero-order valence-electron chi connectivity index (χ0n) is 11.2. The van der Waals surface area contributed by atoms with Crippen LogP contribution in [0.1, 0.15) is 10.4 Å². The number of fused-ring (bicyclic) bond motifs is 1. The fourth-order valence-electron chi connectivity index (χ4n) is 2.22.